The molecule has 0 saturated heterocycles. The predicted octanol–water partition coefficient (Wildman–Crippen LogP) is 0.925. The molecule has 1 N–H and O–H groups in total. The number of nitrogens with one attached hydrogen (secondary N) is 1. The van der Waals surface area contributed by atoms with Gasteiger partial charge in [-0.1, -0.05) is 46.3 Å². The molecule has 0 bridgehead atoms. The van der Waals surface area contributed by atoms with Crippen LogP contribution in [0.3, 0.4) is 0 Å². The van der Waals surface area contributed by atoms with Crippen LogP contribution in [0.2, 0.25) is 5.15 Å². The Hall–Kier alpha value is -1.05. The maximum absolute atomic E-state index is 11.7. The number of ether oxygens (including phenoxy) is 1. The van der Waals surface area contributed by atoms with E-state index in [-0.39, 0.29) is 23.6 Å². The van der Waals surface area contributed by atoms with Crippen LogP contribution in [0.15, 0.2) is 42.9 Å². The molecule has 0 unspecified atom stereocenters. The summed E-state index contributed by atoms with van der Waals surface area (Å²) in [6, 6.07) is 9.62. The van der Waals surface area contributed by atoms with Crippen LogP contribution in [0.1, 0.15) is 24.8 Å². The Kier molecular flexibility index (Phi) is 11.6. The van der Waals surface area contributed by atoms with Crippen molar-refractivity contribution in [2.45, 2.75) is 39.0 Å². The molecule has 1 aromatic carbocycles. The lowest BCUT2D eigenvalue weighted by Gasteiger charge is -2.06. The number of alkyl carbamates (subject to hydrolysis) is 1. The number of hydrogen-bond donors (Lipinski definition) is 1. The zero-order valence-corrected chi connectivity index (χ0v) is 18.5. The SMILES string of the molecule is O=C(NCCCn1c[n+](CCCCBr)cc1Cl)OCc1ccccc1.[Br-]. The van der Waals surface area contributed by atoms with Crippen molar-refractivity contribution >= 4 is 33.6 Å². The second kappa shape index (κ2) is 13.2. The summed E-state index contributed by atoms with van der Waals surface area (Å²) in [6.45, 7) is 2.54. The molecule has 26 heavy (non-hydrogen) atoms. The second-order valence-electron chi connectivity index (χ2n) is 5.74. The smallest absolute Gasteiger partial charge is 0.407 e. The number of carbonyl (C=O) groups excluding carboxylic acids is 1. The summed E-state index contributed by atoms with van der Waals surface area (Å²) >= 11 is 9.67. The van der Waals surface area contributed by atoms with E-state index < -0.39 is 6.09 Å². The summed E-state index contributed by atoms with van der Waals surface area (Å²) in [5, 5.41) is 4.50. The van der Waals surface area contributed by atoms with Crippen LogP contribution in [-0.2, 0) is 24.4 Å². The number of carbonyl (C=O) groups is 1. The number of rotatable bonds is 10. The van der Waals surface area contributed by atoms with Gasteiger partial charge in [-0.15, -0.1) is 0 Å². The monoisotopic (exact) mass is 507 g/mol. The van der Waals surface area contributed by atoms with Crippen LogP contribution in [0.4, 0.5) is 4.79 Å². The van der Waals surface area contributed by atoms with Gasteiger partial charge in [0.2, 0.25) is 11.5 Å². The van der Waals surface area contributed by atoms with Gasteiger partial charge in [0.15, 0.2) is 0 Å². The lowest BCUT2D eigenvalue weighted by atomic mass is 10.2. The molecule has 8 heteroatoms. The molecule has 0 fully saturated rings. The summed E-state index contributed by atoms with van der Waals surface area (Å²) < 4.78 is 9.27. The Balaban J connectivity index is 0.00000338. The molecule has 2 aromatic rings. The van der Waals surface area contributed by atoms with Gasteiger partial charge in [-0.3, -0.25) is 0 Å². The first kappa shape index (κ1) is 23.0. The third kappa shape index (κ3) is 8.56. The lowest BCUT2D eigenvalue weighted by Crippen LogP contribution is -3.00. The largest absolute Gasteiger partial charge is 1.00 e. The van der Waals surface area contributed by atoms with Crippen molar-refractivity contribution in [1.82, 2.24) is 9.88 Å². The van der Waals surface area contributed by atoms with Gasteiger partial charge in [-0.25, -0.2) is 13.9 Å². The minimum Gasteiger partial charge on any atom is -1.00 e. The van der Waals surface area contributed by atoms with Gasteiger partial charge in [-0.05, 0) is 30.0 Å². The maximum atomic E-state index is 11.7. The number of halogens is 3. The number of amides is 1. The quantitative estimate of drug-likeness (QED) is 0.294. The number of benzene rings is 1. The number of hydrogen-bond acceptors (Lipinski definition) is 2. The van der Waals surface area contributed by atoms with E-state index in [1.807, 2.05) is 47.4 Å². The summed E-state index contributed by atoms with van der Waals surface area (Å²) in [7, 11) is 0. The minimum absolute atomic E-state index is 0. The standard InChI is InChI=1S/C18H23BrClN3O2.BrH/c19-9-4-5-11-22-13-17(20)23(15-22)12-6-10-21-18(24)25-14-16-7-2-1-3-8-16;/h1-3,7-8,13,15H,4-6,9-12,14H2;1H. The Bertz CT molecular complexity index is 653. The molecule has 0 saturated carbocycles. The molecule has 0 spiro atoms. The molecular weight excluding hydrogens is 485 g/mol. The third-order valence-electron chi connectivity index (χ3n) is 3.69. The van der Waals surface area contributed by atoms with Crippen LogP contribution < -0.4 is 26.9 Å². The number of nitrogens with zero attached hydrogens (tertiary/aromatic N) is 2. The van der Waals surface area contributed by atoms with E-state index in [1.165, 1.54) is 0 Å². The molecule has 144 valence electrons. The normalized spacial score (nSPS) is 10.2. The van der Waals surface area contributed by atoms with Gasteiger partial charge >= 0.3 is 6.09 Å². The summed E-state index contributed by atoms with van der Waals surface area (Å²) in [6.07, 6.45) is 6.61. The van der Waals surface area contributed by atoms with Crippen molar-refractivity contribution in [2.75, 3.05) is 11.9 Å². The average Bonchev–Trinajstić information content (AvgIpc) is 2.98. The fourth-order valence-corrected chi connectivity index (χ4v) is 3.02. The van der Waals surface area contributed by atoms with E-state index in [0.29, 0.717) is 11.7 Å². The van der Waals surface area contributed by atoms with Gasteiger partial charge in [0, 0.05) is 18.3 Å². The number of imidazole rings is 1. The van der Waals surface area contributed by atoms with Crippen molar-refractivity contribution < 1.29 is 31.1 Å². The molecule has 2 rings (SSSR count). The molecule has 0 aliphatic rings. The van der Waals surface area contributed by atoms with Gasteiger partial charge in [0.25, 0.3) is 0 Å². The summed E-state index contributed by atoms with van der Waals surface area (Å²) in [4.78, 5) is 11.7. The number of unbranched alkanes of at least 4 members (excludes halogenated alkanes) is 1. The molecular formula is C18H24Br2ClN3O2. The van der Waals surface area contributed by atoms with E-state index in [1.54, 1.807) is 0 Å². The van der Waals surface area contributed by atoms with E-state index in [4.69, 9.17) is 16.3 Å². The number of aromatic nitrogens is 2. The number of alkyl halides is 1. The summed E-state index contributed by atoms with van der Waals surface area (Å²) in [5.41, 5.74) is 0.973. The molecule has 1 heterocycles. The van der Waals surface area contributed by atoms with Crippen LogP contribution in [0.25, 0.3) is 0 Å². The van der Waals surface area contributed by atoms with Gasteiger partial charge < -0.3 is 27.0 Å². The first-order valence-electron chi connectivity index (χ1n) is 8.44. The van der Waals surface area contributed by atoms with E-state index in [9.17, 15) is 4.79 Å². The molecule has 1 amide bonds. The van der Waals surface area contributed by atoms with Gasteiger partial charge in [0.05, 0.1) is 13.1 Å². The van der Waals surface area contributed by atoms with Crippen molar-refractivity contribution in [3.63, 3.8) is 0 Å². The fourth-order valence-electron chi connectivity index (χ4n) is 2.37. The van der Waals surface area contributed by atoms with Gasteiger partial charge in [0.1, 0.15) is 12.8 Å². The number of aryl methyl sites for hydroxylation is 2. The van der Waals surface area contributed by atoms with E-state index >= 15 is 0 Å². The predicted molar refractivity (Wildman–Crippen MR) is 102 cm³/mol. The minimum atomic E-state index is -0.396. The molecule has 0 atom stereocenters. The van der Waals surface area contributed by atoms with Crippen molar-refractivity contribution in [2.24, 2.45) is 0 Å². The zero-order chi connectivity index (χ0) is 17.9. The van der Waals surface area contributed by atoms with Crippen molar-refractivity contribution in [3.05, 3.63) is 53.6 Å². The second-order valence-corrected chi connectivity index (χ2v) is 6.92. The fraction of sp³-hybridized carbons (Fsp3) is 0.444. The summed E-state index contributed by atoms with van der Waals surface area (Å²) in [5.74, 6) is 0. The van der Waals surface area contributed by atoms with E-state index in [0.717, 1.165) is 43.2 Å². The lowest BCUT2D eigenvalue weighted by molar-refractivity contribution is -0.696. The topological polar surface area (TPSA) is 47.1 Å². The maximum Gasteiger partial charge on any atom is 0.407 e. The van der Waals surface area contributed by atoms with Crippen LogP contribution in [-0.4, -0.2) is 22.5 Å². The Labute approximate surface area is 178 Å². The third-order valence-corrected chi connectivity index (χ3v) is 4.57. The first-order valence-corrected chi connectivity index (χ1v) is 9.94. The Morgan fingerprint density at radius 1 is 1.23 bits per heavy atom. The van der Waals surface area contributed by atoms with Crippen molar-refractivity contribution in [1.29, 1.82) is 0 Å². The molecule has 0 radical (unpaired) electrons. The first-order chi connectivity index (χ1) is 12.2. The highest BCUT2D eigenvalue weighted by molar-refractivity contribution is 9.09. The molecule has 0 aliphatic heterocycles. The molecule has 0 aliphatic carbocycles. The highest BCUT2D eigenvalue weighted by Gasteiger charge is 2.11. The van der Waals surface area contributed by atoms with Crippen LogP contribution >= 0.6 is 27.5 Å². The van der Waals surface area contributed by atoms with Gasteiger partial charge in [-0.2, -0.15) is 0 Å². The molecule has 5 nitrogen and oxygen atoms in total. The average molecular weight is 510 g/mol. The Morgan fingerprint density at radius 2 is 2.00 bits per heavy atom. The highest BCUT2D eigenvalue weighted by Crippen LogP contribution is 2.07. The zero-order valence-electron chi connectivity index (χ0n) is 14.5. The van der Waals surface area contributed by atoms with E-state index in [2.05, 4.69) is 25.8 Å². The van der Waals surface area contributed by atoms with Crippen LogP contribution in [0, 0.1) is 0 Å². The Morgan fingerprint density at radius 3 is 2.73 bits per heavy atom. The highest BCUT2D eigenvalue weighted by atomic mass is 79.9. The van der Waals surface area contributed by atoms with Crippen molar-refractivity contribution in [3.8, 4) is 0 Å². The van der Waals surface area contributed by atoms with Crippen LogP contribution in [0.5, 0.6) is 0 Å². The molecule has 1 aromatic heterocycles.